The van der Waals surface area contributed by atoms with E-state index in [1.165, 1.54) is 10.5 Å². The highest BCUT2D eigenvalue weighted by atomic mass is 32.2. The molecule has 3 rings (SSSR count). The van der Waals surface area contributed by atoms with Crippen LogP contribution in [0, 0.1) is 0 Å². The van der Waals surface area contributed by atoms with Gasteiger partial charge in [-0.3, -0.25) is 0 Å². The maximum absolute atomic E-state index is 5.93. The molecule has 0 fully saturated rings. The third-order valence-electron chi connectivity index (χ3n) is 2.68. The Bertz CT molecular complexity index is 448. The second-order valence-corrected chi connectivity index (χ2v) is 5.10. The van der Waals surface area contributed by atoms with Crippen LogP contribution in [0.5, 0.6) is 5.75 Å². The van der Waals surface area contributed by atoms with E-state index in [9.17, 15) is 0 Å². The summed E-state index contributed by atoms with van der Waals surface area (Å²) in [5.41, 5.74) is 1.33. The predicted octanol–water partition coefficient (Wildman–Crippen LogP) is 4.45. The summed E-state index contributed by atoms with van der Waals surface area (Å²) >= 11 is 1.89. The molecule has 2 heteroatoms. The fourth-order valence-electron chi connectivity index (χ4n) is 1.91. The van der Waals surface area contributed by atoms with Crippen molar-refractivity contribution in [3.05, 3.63) is 48.1 Å². The molecule has 2 atom stereocenters. The van der Waals surface area contributed by atoms with Gasteiger partial charge in [0.1, 0.15) is 11.9 Å². The highest BCUT2D eigenvalue weighted by molar-refractivity contribution is 8.00. The summed E-state index contributed by atoms with van der Waals surface area (Å²) in [6.45, 7) is 6.13. The molecule has 1 aliphatic carbocycles. The smallest absolute Gasteiger partial charge is 0.133 e. The number of benzene rings is 1. The van der Waals surface area contributed by atoms with Gasteiger partial charge < -0.3 is 4.74 Å². The number of rotatable bonds is 0. The molecule has 2 unspecified atom stereocenters. The van der Waals surface area contributed by atoms with Crippen LogP contribution in [-0.4, -0.2) is 11.4 Å². The van der Waals surface area contributed by atoms with Gasteiger partial charge in [0.05, 0.1) is 10.1 Å². The number of hydrogen-bond donors (Lipinski definition) is 0. The Hall–Kier alpha value is -1.15. The number of ether oxygens (including phenoxy) is 1. The molecule has 0 N–H and O–H groups in total. The predicted molar refractivity (Wildman–Crippen MR) is 74.7 cm³/mol. The fraction of sp³-hybridized carbons (Fsp3) is 0.333. The normalized spacial score (nSPS) is 24.5. The lowest BCUT2D eigenvalue weighted by Crippen LogP contribution is -2.31. The molecule has 0 saturated carbocycles. The van der Waals surface area contributed by atoms with E-state index in [2.05, 4.69) is 37.3 Å². The number of fused-ring (bicyclic) bond motifs is 2. The average Bonchev–Trinajstić information content (AvgIpc) is 2.38. The Balaban J connectivity index is 0.000000514. The van der Waals surface area contributed by atoms with E-state index in [4.69, 9.17) is 4.74 Å². The Kier molecular flexibility index (Phi) is 3.95. The van der Waals surface area contributed by atoms with Crippen LogP contribution >= 0.6 is 11.8 Å². The SMILES string of the molecule is CC.CC1=CC2Sc3ccccc3OC2C=C1. The monoisotopic (exact) mass is 246 g/mol. The van der Waals surface area contributed by atoms with E-state index in [-0.39, 0.29) is 6.10 Å². The highest BCUT2D eigenvalue weighted by Crippen LogP contribution is 2.41. The number of thioether (sulfide) groups is 1. The molecule has 0 bridgehead atoms. The number of hydrogen-bond acceptors (Lipinski definition) is 2. The van der Waals surface area contributed by atoms with Gasteiger partial charge in [-0.2, -0.15) is 0 Å². The maximum Gasteiger partial charge on any atom is 0.133 e. The minimum Gasteiger partial charge on any atom is -0.484 e. The molecule has 0 spiro atoms. The zero-order valence-corrected chi connectivity index (χ0v) is 11.3. The zero-order valence-electron chi connectivity index (χ0n) is 10.5. The van der Waals surface area contributed by atoms with Crippen LogP contribution < -0.4 is 4.74 Å². The van der Waals surface area contributed by atoms with Crippen molar-refractivity contribution >= 4 is 11.8 Å². The standard InChI is InChI=1S/C13H12OS.C2H6/c1-9-6-7-11-13(8-9)15-12-5-3-2-4-10(12)14-11;1-2/h2-8,11,13H,1H3;1-2H3. The topological polar surface area (TPSA) is 9.23 Å². The van der Waals surface area contributed by atoms with Crippen LogP contribution in [0.4, 0.5) is 0 Å². The first-order chi connectivity index (χ1) is 8.33. The van der Waals surface area contributed by atoms with Gasteiger partial charge >= 0.3 is 0 Å². The van der Waals surface area contributed by atoms with Crippen molar-refractivity contribution in [3.63, 3.8) is 0 Å². The summed E-state index contributed by atoms with van der Waals surface area (Å²) in [5.74, 6) is 1.02. The van der Waals surface area contributed by atoms with Crippen molar-refractivity contribution < 1.29 is 4.74 Å². The molecule has 2 aliphatic rings. The first-order valence-electron chi connectivity index (χ1n) is 6.12. The molecule has 0 saturated heterocycles. The van der Waals surface area contributed by atoms with Crippen molar-refractivity contribution in [2.45, 2.75) is 37.0 Å². The lowest BCUT2D eigenvalue weighted by atomic mass is 10.1. The molecule has 1 nitrogen and oxygen atoms in total. The van der Waals surface area contributed by atoms with Gasteiger partial charge in [-0.25, -0.2) is 0 Å². The molecule has 0 aromatic heterocycles. The second-order valence-electron chi connectivity index (χ2n) is 3.88. The Morgan fingerprint density at radius 1 is 1.18 bits per heavy atom. The van der Waals surface area contributed by atoms with Gasteiger partial charge in [-0.15, -0.1) is 11.8 Å². The van der Waals surface area contributed by atoms with E-state index >= 15 is 0 Å². The molecule has 17 heavy (non-hydrogen) atoms. The van der Waals surface area contributed by atoms with Crippen LogP contribution in [-0.2, 0) is 0 Å². The van der Waals surface area contributed by atoms with Crippen LogP contribution in [0.25, 0.3) is 0 Å². The van der Waals surface area contributed by atoms with Crippen LogP contribution in [0.2, 0.25) is 0 Å². The molecule has 0 amide bonds. The quantitative estimate of drug-likeness (QED) is 0.669. The first-order valence-corrected chi connectivity index (χ1v) is 7.00. The van der Waals surface area contributed by atoms with Gasteiger partial charge in [-0.1, -0.05) is 43.7 Å². The summed E-state index contributed by atoms with van der Waals surface area (Å²) in [7, 11) is 0. The maximum atomic E-state index is 5.93. The summed E-state index contributed by atoms with van der Waals surface area (Å²) < 4.78 is 5.93. The van der Waals surface area contributed by atoms with Crippen LogP contribution in [0.1, 0.15) is 20.8 Å². The summed E-state index contributed by atoms with van der Waals surface area (Å²) in [6.07, 6.45) is 6.78. The molecule has 0 radical (unpaired) electrons. The molecular formula is C15H18OS. The van der Waals surface area contributed by atoms with Crippen molar-refractivity contribution in [3.8, 4) is 5.75 Å². The summed E-state index contributed by atoms with van der Waals surface area (Å²) in [6, 6.07) is 8.24. The average molecular weight is 246 g/mol. The van der Waals surface area contributed by atoms with Crippen molar-refractivity contribution in [1.82, 2.24) is 0 Å². The number of allylic oxidation sites excluding steroid dienone is 2. The second kappa shape index (κ2) is 5.46. The van der Waals surface area contributed by atoms with E-state index in [1.807, 2.05) is 37.7 Å². The van der Waals surface area contributed by atoms with Gasteiger partial charge in [0.2, 0.25) is 0 Å². The summed E-state index contributed by atoms with van der Waals surface area (Å²) in [4.78, 5) is 1.25. The van der Waals surface area contributed by atoms with Crippen LogP contribution in [0.15, 0.2) is 53.0 Å². The lowest BCUT2D eigenvalue weighted by Gasteiger charge is -2.31. The van der Waals surface area contributed by atoms with Crippen LogP contribution in [0.3, 0.4) is 0 Å². The Morgan fingerprint density at radius 2 is 1.94 bits per heavy atom. The largest absolute Gasteiger partial charge is 0.484 e. The molecule has 1 aliphatic heterocycles. The molecule has 1 aromatic carbocycles. The third kappa shape index (κ3) is 2.58. The third-order valence-corrected chi connectivity index (χ3v) is 3.94. The molecule has 90 valence electrons. The molecular weight excluding hydrogens is 228 g/mol. The van der Waals surface area contributed by atoms with Gasteiger partial charge in [-0.05, 0) is 25.1 Å². The highest BCUT2D eigenvalue weighted by Gasteiger charge is 2.28. The lowest BCUT2D eigenvalue weighted by molar-refractivity contribution is 0.243. The summed E-state index contributed by atoms with van der Waals surface area (Å²) in [5, 5.41) is 0.435. The first kappa shape index (κ1) is 12.3. The van der Waals surface area contributed by atoms with E-state index in [0.717, 1.165) is 5.75 Å². The minimum absolute atomic E-state index is 0.202. The zero-order chi connectivity index (χ0) is 12.3. The molecule has 1 aromatic rings. The number of para-hydroxylation sites is 1. The van der Waals surface area contributed by atoms with Gasteiger partial charge in [0.15, 0.2) is 0 Å². The Labute approximate surface area is 108 Å². The van der Waals surface area contributed by atoms with Crippen molar-refractivity contribution in [1.29, 1.82) is 0 Å². The fourth-order valence-corrected chi connectivity index (χ4v) is 3.16. The van der Waals surface area contributed by atoms with Crippen molar-refractivity contribution in [2.24, 2.45) is 0 Å². The van der Waals surface area contributed by atoms with E-state index < -0.39 is 0 Å². The van der Waals surface area contributed by atoms with Gasteiger partial charge in [0, 0.05) is 0 Å². The Morgan fingerprint density at radius 3 is 2.76 bits per heavy atom. The molecule has 1 heterocycles. The van der Waals surface area contributed by atoms with E-state index in [1.54, 1.807) is 0 Å². The van der Waals surface area contributed by atoms with Gasteiger partial charge in [0.25, 0.3) is 0 Å². The van der Waals surface area contributed by atoms with Crippen molar-refractivity contribution in [2.75, 3.05) is 0 Å². The minimum atomic E-state index is 0.202. The van der Waals surface area contributed by atoms with E-state index in [0.29, 0.717) is 5.25 Å².